The van der Waals surface area contributed by atoms with Crippen LogP contribution in [0.4, 0.5) is 0 Å². The van der Waals surface area contributed by atoms with Crippen molar-refractivity contribution in [3.8, 4) is 0 Å². The number of β-amino-alcohol motifs (C(OH)–C–C–N with tert-alkyl or cyclic N) is 1. The SMILES string of the molecule is CN=C(NOCC(O)CN1CCCCC1)C1(C)CCC1. The summed E-state index contributed by atoms with van der Waals surface area (Å²) >= 11 is 0. The van der Waals surface area contributed by atoms with Crippen molar-refractivity contribution in [2.45, 2.75) is 51.6 Å². The second-order valence-electron chi connectivity index (χ2n) is 6.41. The topological polar surface area (TPSA) is 57.1 Å². The number of aliphatic hydroxyl groups is 1. The van der Waals surface area contributed by atoms with Crippen molar-refractivity contribution < 1.29 is 9.94 Å². The summed E-state index contributed by atoms with van der Waals surface area (Å²) in [6.45, 7) is 5.43. The molecule has 0 aromatic heterocycles. The zero-order valence-electron chi connectivity index (χ0n) is 12.9. The van der Waals surface area contributed by atoms with Gasteiger partial charge in [-0.25, -0.2) is 0 Å². The summed E-state index contributed by atoms with van der Waals surface area (Å²) < 4.78 is 0. The quantitative estimate of drug-likeness (QED) is 0.441. The number of nitrogens with zero attached hydrogens (tertiary/aromatic N) is 2. The molecule has 0 bridgehead atoms. The highest BCUT2D eigenvalue weighted by Gasteiger charge is 2.37. The fraction of sp³-hybridized carbons (Fsp3) is 0.933. The van der Waals surface area contributed by atoms with Crippen LogP contribution in [-0.4, -0.2) is 55.2 Å². The van der Waals surface area contributed by atoms with Crippen molar-refractivity contribution in [3.05, 3.63) is 0 Å². The van der Waals surface area contributed by atoms with Crippen LogP contribution >= 0.6 is 0 Å². The lowest BCUT2D eigenvalue weighted by Gasteiger charge is -2.39. The summed E-state index contributed by atoms with van der Waals surface area (Å²) in [7, 11) is 1.79. The zero-order chi connectivity index (χ0) is 14.4. The molecule has 0 radical (unpaired) electrons. The van der Waals surface area contributed by atoms with Gasteiger partial charge in [0.05, 0.1) is 6.10 Å². The monoisotopic (exact) mass is 283 g/mol. The molecule has 2 N–H and O–H groups in total. The predicted octanol–water partition coefficient (Wildman–Crippen LogP) is 1.57. The molecule has 1 saturated heterocycles. The lowest BCUT2D eigenvalue weighted by atomic mass is 9.69. The van der Waals surface area contributed by atoms with E-state index in [1.54, 1.807) is 7.05 Å². The molecule has 2 aliphatic rings. The van der Waals surface area contributed by atoms with Crippen LogP contribution in [0.15, 0.2) is 4.99 Å². The van der Waals surface area contributed by atoms with E-state index in [1.807, 2.05) is 0 Å². The maximum Gasteiger partial charge on any atom is 0.126 e. The van der Waals surface area contributed by atoms with Gasteiger partial charge in [0.1, 0.15) is 12.4 Å². The summed E-state index contributed by atoms with van der Waals surface area (Å²) in [5.74, 6) is 0.911. The number of piperidine rings is 1. The number of hydrogen-bond acceptors (Lipinski definition) is 4. The van der Waals surface area contributed by atoms with E-state index < -0.39 is 6.10 Å². The Kier molecular flexibility index (Phi) is 5.81. The van der Waals surface area contributed by atoms with Crippen LogP contribution in [0.2, 0.25) is 0 Å². The first-order chi connectivity index (χ1) is 9.64. The highest BCUT2D eigenvalue weighted by molar-refractivity contribution is 5.87. The lowest BCUT2D eigenvalue weighted by molar-refractivity contribution is -0.0139. The third-order valence-electron chi connectivity index (χ3n) is 4.61. The molecule has 1 aliphatic carbocycles. The normalized spacial score (nSPS) is 25.1. The first kappa shape index (κ1) is 15.7. The minimum atomic E-state index is -0.437. The van der Waals surface area contributed by atoms with Gasteiger partial charge in [0.2, 0.25) is 0 Å². The van der Waals surface area contributed by atoms with Gasteiger partial charge in [-0.05, 0) is 38.8 Å². The van der Waals surface area contributed by atoms with Gasteiger partial charge in [-0.1, -0.05) is 19.8 Å². The molecule has 5 heteroatoms. The fourth-order valence-electron chi connectivity index (χ4n) is 3.08. The van der Waals surface area contributed by atoms with Crippen LogP contribution in [0.1, 0.15) is 45.4 Å². The molecule has 20 heavy (non-hydrogen) atoms. The van der Waals surface area contributed by atoms with E-state index in [-0.39, 0.29) is 5.41 Å². The molecule has 0 amide bonds. The molecule has 2 fully saturated rings. The van der Waals surface area contributed by atoms with Crippen LogP contribution in [0.5, 0.6) is 0 Å². The van der Waals surface area contributed by atoms with Gasteiger partial charge >= 0.3 is 0 Å². The number of aliphatic hydroxyl groups excluding tert-OH is 1. The number of rotatable bonds is 6. The van der Waals surface area contributed by atoms with E-state index in [2.05, 4.69) is 22.3 Å². The van der Waals surface area contributed by atoms with Crippen LogP contribution < -0.4 is 5.48 Å². The third kappa shape index (κ3) is 4.17. The molecule has 1 saturated carbocycles. The Morgan fingerprint density at radius 3 is 2.55 bits per heavy atom. The van der Waals surface area contributed by atoms with E-state index in [9.17, 15) is 5.11 Å². The van der Waals surface area contributed by atoms with Gasteiger partial charge in [0.25, 0.3) is 0 Å². The summed E-state index contributed by atoms with van der Waals surface area (Å²) in [4.78, 5) is 12.1. The van der Waals surface area contributed by atoms with E-state index in [4.69, 9.17) is 4.84 Å². The summed E-state index contributed by atoms with van der Waals surface area (Å²) in [6.07, 6.45) is 6.95. The van der Waals surface area contributed by atoms with Gasteiger partial charge in [0.15, 0.2) is 0 Å². The van der Waals surface area contributed by atoms with Crippen LogP contribution in [-0.2, 0) is 4.84 Å². The Balaban J connectivity index is 1.64. The van der Waals surface area contributed by atoms with Crippen molar-refractivity contribution in [2.24, 2.45) is 10.4 Å². The molecular formula is C15H29N3O2. The number of amidine groups is 1. The van der Waals surface area contributed by atoms with Gasteiger partial charge < -0.3 is 10.0 Å². The second-order valence-corrected chi connectivity index (χ2v) is 6.41. The molecular weight excluding hydrogens is 254 g/mol. The van der Waals surface area contributed by atoms with E-state index in [0.717, 1.165) is 31.8 Å². The van der Waals surface area contributed by atoms with Crippen LogP contribution in [0.25, 0.3) is 0 Å². The summed E-state index contributed by atoms with van der Waals surface area (Å²) in [6, 6.07) is 0. The van der Waals surface area contributed by atoms with Gasteiger partial charge in [-0.15, -0.1) is 0 Å². The minimum Gasteiger partial charge on any atom is -0.389 e. The summed E-state index contributed by atoms with van der Waals surface area (Å²) in [5.41, 5.74) is 3.10. The molecule has 1 unspecified atom stereocenters. The van der Waals surface area contributed by atoms with Gasteiger partial charge in [-0.3, -0.25) is 15.3 Å². The van der Waals surface area contributed by atoms with E-state index in [1.165, 1.54) is 25.7 Å². The van der Waals surface area contributed by atoms with Crippen molar-refractivity contribution in [3.63, 3.8) is 0 Å². The second kappa shape index (κ2) is 7.38. The van der Waals surface area contributed by atoms with Gasteiger partial charge in [-0.2, -0.15) is 0 Å². The average molecular weight is 283 g/mol. The summed E-state index contributed by atoms with van der Waals surface area (Å²) in [5, 5.41) is 10.0. The first-order valence-corrected chi connectivity index (χ1v) is 7.89. The third-order valence-corrected chi connectivity index (χ3v) is 4.61. The van der Waals surface area contributed by atoms with Crippen molar-refractivity contribution in [1.29, 1.82) is 0 Å². The molecule has 1 heterocycles. The maximum atomic E-state index is 10.0. The van der Waals surface area contributed by atoms with Crippen LogP contribution in [0, 0.1) is 5.41 Å². The molecule has 116 valence electrons. The molecule has 1 atom stereocenters. The largest absolute Gasteiger partial charge is 0.389 e. The standard InChI is InChI=1S/C15H29N3O2/c1-15(7-6-8-15)14(16-2)17-20-12-13(19)11-18-9-4-3-5-10-18/h13,19H,3-12H2,1-2H3,(H,16,17). The number of hydroxylamine groups is 1. The Morgan fingerprint density at radius 1 is 1.30 bits per heavy atom. The molecule has 5 nitrogen and oxygen atoms in total. The van der Waals surface area contributed by atoms with Crippen LogP contribution in [0.3, 0.4) is 0 Å². The van der Waals surface area contributed by atoms with E-state index >= 15 is 0 Å². The fourth-order valence-corrected chi connectivity index (χ4v) is 3.08. The van der Waals surface area contributed by atoms with Gasteiger partial charge in [0, 0.05) is 19.0 Å². The lowest BCUT2D eigenvalue weighted by Crippen LogP contribution is -2.45. The Bertz CT molecular complexity index is 323. The predicted molar refractivity (Wildman–Crippen MR) is 80.7 cm³/mol. The van der Waals surface area contributed by atoms with E-state index in [0.29, 0.717) is 13.2 Å². The maximum absolute atomic E-state index is 10.0. The van der Waals surface area contributed by atoms with Crippen molar-refractivity contribution in [1.82, 2.24) is 10.4 Å². The molecule has 1 aliphatic heterocycles. The zero-order valence-corrected chi connectivity index (χ0v) is 12.9. The number of aliphatic imine (C=N–C) groups is 1. The first-order valence-electron chi connectivity index (χ1n) is 7.89. The Hall–Kier alpha value is -0.650. The van der Waals surface area contributed by atoms with Crippen molar-refractivity contribution >= 4 is 5.84 Å². The van der Waals surface area contributed by atoms with Crippen molar-refractivity contribution in [2.75, 3.05) is 33.3 Å². The number of nitrogens with one attached hydrogen (secondary N) is 1. The molecule has 2 rings (SSSR count). The number of hydrogen-bond donors (Lipinski definition) is 2. The number of likely N-dealkylation sites (tertiary alicyclic amines) is 1. The average Bonchev–Trinajstić information content (AvgIpc) is 2.42. The molecule has 0 aromatic carbocycles. The Morgan fingerprint density at radius 2 is 2.00 bits per heavy atom. The Labute approximate surface area is 122 Å². The highest BCUT2D eigenvalue weighted by atomic mass is 16.6. The highest BCUT2D eigenvalue weighted by Crippen LogP contribution is 2.40. The molecule has 0 aromatic rings. The molecule has 0 spiro atoms. The minimum absolute atomic E-state index is 0.145. The smallest absolute Gasteiger partial charge is 0.126 e.